The average Bonchev–Trinajstić information content (AvgIpc) is 2.63. The van der Waals surface area contributed by atoms with E-state index in [0.29, 0.717) is 30.0 Å². The first kappa shape index (κ1) is 19.5. The molecule has 0 radical (unpaired) electrons. The summed E-state index contributed by atoms with van der Waals surface area (Å²) in [4.78, 5) is 26.6. The zero-order chi connectivity index (χ0) is 18.9. The van der Waals surface area contributed by atoms with Crippen LogP contribution in [-0.2, 0) is 0 Å². The number of nitrogens with one attached hydrogen (secondary N) is 2. The van der Waals surface area contributed by atoms with E-state index in [9.17, 15) is 9.59 Å². The quantitative estimate of drug-likeness (QED) is 0.764. The number of carbonyl (C=O) groups excluding carboxylic acids is 2. The molecular weight excluding hydrogens is 330 g/mol. The predicted molar refractivity (Wildman–Crippen MR) is 103 cm³/mol. The highest BCUT2D eigenvalue weighted by Gasteiger charge is 2.11. The van der Waals surface area contributed by atoms with Gasteiger partial charge in [0.15, 0.2) is 0 Å². The molecule has 0 unspecified atom stereocenters. The number of likely N-dealkylation sites (N-methyl/N-ethyl adjacent to an activating group) is 1. The lowest BCUT2D eigenvalue weighted by Gasteiger charge is -2.11. The molecule has 6 heteroatoms. The maximum Gasteiger partial charge on any atom is 0.255 e. The van der Waals surface area contributed by atoms with Gasteiger partial charge in [-0.15, -0.1) is 0 Å². The predicted octanol–water partition coefficient (Wildman–Crippen LogP) is 2.63. The monoisotopic (exact) mass is 355 g/mol. The van der Waals surface area contributed by atoms with Crippen LogP contribution in [0.5, 0.6) is 5.75 Å². The summed E-state index contributed by atoms with van der Waals surface area (Å²) in [7, 11) is 3.88. The normalized spacial score (nSPS) is 10.5. The van der Waals surface area contributed by atoms with Gasteiger partial charge < -0.3 is 20.3 Å². The Morgan fingerprint density at radius 3 is 2.27 bits per heavy atom. The smallest absolute Gasteiger partial charge is 0.255 e. The number of rotatable bonds is 8. The third kappa shape index (κ3) is 5.89. The molecule has 0 atom stereocenters. The van der Waals surface area contributed by atoms with E-state index in [1.807, 2.05) is 25.9 Å². The lowest BCUT2D eigenvalue weighted by atomic mass is 10.1. The average molecular weight is 355 g/mol. The molecular formula is C20H25N3O3. The van der Waals surface area contributed by atoms with Crippen molar-refractivity contribution in [1.29, 1.82) is 0 Å². The second-order valence-electron chi connectivity index (χ2n) is 6.05. The third-order valence-electron chi connectivity index (χ3n) is 3.65. The minimum atomic E-state index is -0.267. The van der Waals surface area contributed by atoms with Gasteiger partial charge in [-0.3, -0.25) is 9.59 Å². The van der Waals surface area contributed by atoms with Gasteiger partial charge in [-0.2, -0.15) is 0 Å². The number of hydrogen-bond donors (Lipinski definition) is 2. The Hall–Kier alpha value is -2.86. The van der Waals surface area contributed by atoms with Crippen molar-refractivity contribution >= 4 is 17.5 Å². The molecule has 0 fully saturated rings. The molecule has 0 heterocycles. The number of ether oxygens (including phenoxy) is 1. The van der Waals surface area contributed by atoms with E-state index in [4.69, 9.17) is 4.74 Å². The van der Waals surface area contributed by atoms with Crippen LogP contribution < -0.4 is 15.4 Å². The highest BCUT2D eigenvalue weighted by atomic mass is 16.5. The van der Waals surface area contributed by atoms with Crippen LogP contribution >= 0.6 is 0 Å². The Labute approximate surface area is 154 Å². The minimum absolute atomic E-state index is 0.192. The number of anilines is 1. The van der Waals surface area contributed by atoms with Crippen LogP contribution in [0.2, 0.25) is 0 Å². The number of amides is 2. The molecule has 2 rings (SSSR count). The van der Waals surface area contributed by atoms with Gasteiger partial charge in [0.25, 0.3) is 11.8 Å². The van der Waals surface area contributed by atoms with Gasteiger partial charge in [0.1, 0.15) is 5.75 Å². The van der Waals surface area contributed by atoms with Crippen LogP contribution in [0.4, 0.5) is 5.69 Å². The van der Waals surface area contributed by atoms with Crippen molar-refractivity contribution < 1.29 is 14.3 Å². The summed E-state index contributed by atoms with van der Waals surface area (Å²) in [6, 6.07) is 13.8. The van der Waals surface area contributed by atoms with E-state index in [-0.39, 0.29) is 11.8 Å². The lowest BCUT2D eigenvalue weighted by Crippen LogP contribution is -2.31. The molecule has 0 spiro atoms. The molecule has 0 aliphatic heterocycles. The van der Waals surface area contributed by atoms with Crippen molar-refractivity contribution in [2.75, 3.05) is 39.1 Å². The van der Waals surface area contributed by atoms with Gasteiger partial charge >= 0.3 is 0 Å². The van der Waals surface area contributed by atoms with Crippen LogP contribution in [0.3, 0.4) is 0 Å². The summed E-state index contributed by atoms with van der Waals surface area (Å²) in [5.41, 5.74) is 1.56. The number of carbonyl (C=O) groups is 2. The van der Waals surface area contributed by atoms with E-state index in [1.165, 1.54) is 0 Å². The fraction of sp³-hybridized carbons (Fsp3) is 0.300. The molecule has 2 N–H and O–H groups in total. The SMILES string of the molecule is CCOc1ccc(NC(=O)c2cccc(C(=O)NCCN(C)C)c2)cc1. The van der Waals surface area contributed by atoms with Gasteiger partial charge in [-0.05, 0) is 63.5 Å². The van der Waals surface area contributed by atoms with E-state index in [1.54, 1.807) is 48.5 Å². The molecule has 0 aromatic heterocycles. The standard InChI is InChI=1S/C20H25N3O3/c1-4-26-18-10-8-17(9-11-18)22-20(25)16-7-5-6-15(14-16)19(24)21-12-13-23(2)3/h5-11,14H,4,12-13H2,1-3H3,(H,21,24)(H,22,25). The molecule has 0 saturated heterocycles. The summed E-state index contributed by atoms with van der Waals surface area (Å²) in [5, 5.41) is 5.66. The summed E-state index contributed by atoms with van der Waals surface area (Å²) >= 11 is 0. The third-order valence-corrected chi connectivity index (χ3v) is 3.65. The topological polar surface area (TPSA) is 70.7 Å². The van der Waals surface area contributed by atoms with E-state index in [0.717, 1.165) is 12.3 Å². The van der Waals surface area contributed by atoms with E-state index in [2.05, 4.69) is 10.6 Å². The molecule has 0 bridgehead atoms. The summed E-state index contributed by atoms with van der Waals surface area (Å²) in [6.07, 6.45) is 0. The molecule has 138 valence electrons. The Kier molecular flexibility index (Phi) is 7.17. The number of benzene rings is 2. The van der Waals surface area contributed by atoms with Crippen molar-refractivity contribution in [2.24, 2.45) is 0 Å². The van der Waals surface area contributed by atoms with Crippen molar-refractivity contribution in [1.82, 2.24) is 10.2 Å². The molecule has 2 aromatic carbocycles. The Bertz CT molecular complexity index is 742. The fourth-order valence-electron chi connectivity index (χ4n) is 2.30. The highest BCUT2D eigenvalue weighted by Crippen LogP contribution is 2.16. The molecule has 0 aliphatic rings. The molecule has 0 aliphatic carbocycles. The lowest BCUT2D eigenvalue weighted by molar-refractivity contribution is 0.0951. The zero-order valence-electron chi connectivity index (χ0n) is 15.4. The molecule has 2 amide bonds. The van der Waals surface area contributed by atoms with Crippen molar-refractivity contribution in [2.45, 2.75) is 6.92 Å². The van der Waals surface area contributed by atoms with Gasteiger partial charge in [-0.1, -0.05) is 6.07 Å². The minimum Gasteiger partial charge on any atom is -0.494 e. The van der Waals surface area contributed by atoms with Gasteiger partial charge in [-0.25, -0.2) is 0 Å². The van der Waals surface area contributed by atoms with E-state index < -0.39 is 0 Å². The Balaban J connectivity index is 1.99. The van der Waals surface area contributed by atoms with Gasteiger partial charge in [0.2, 0.25) is 0 Å². The Morgan fingerprint density at radius 1 is 1.00 bits per heavy atom. The Morgan fingerprint density at radius 2 is 1.65 bits per heavy atom. The number of hydrogen-bond acceptors (Lipinski definition) is 4. The summed E-state index contributed by atoms with van der Waals surface area (Å²) < 4.78 is 5.38. The van der Waals surface area contributed by atoms with Crippen LogP contribution in [0.15, 0.2) is 48.5 Å². The van der Waals surface area contributed by atoms with Crippen LogP contribution in [-0.4, -0.2) is 50.5 Å². The largest absolute Gasteiger partial charge is 0.494 e. The van der Waals surface area contributed by atoms with E-state index >= 15 is 0 Å². The zero-order valence-corrected chi connectivity index (χ0v) is 15.4. The van der Waals surface area contributed by atoms with Crippen LogP contribution in [0.1, 0.15) is 27.6 Å². The second-order valence-corrected chi connectivity index (χ2v) is 6.05. The molecule has 2 aromatic rings. The fourth-order valence-corrected chi connectivity index (χ4v) is 2.30. The van der Waals surface area contributed by atoms with Crippen LogP contribution in [0.25, 0.3) is 0 Å². The first-order valence-corrected chi connectivity index (χ1v) is 8.57. The first-order valence-electron chi connectivity index (χ1n) is 8.57. The van der Waals surface area contributed by atoms with Gasteiger partial charge in [0.05, 0.1) is 6.61 Å². The maximum absolute atomic E-state index is 12.4. The molecule has 26 heavy (non-hydrogen) atoms. The maximum atomic E-state index is 12.4. The molecule has 6 nitrogen and oxygen atoms in total. The summed E-state index contributed by atoms with van der Waals surface area (Å²) in [6.45, 7) is 3.81. The van der Waals surface area contributed by atoms with Crippen molar-refractivity contribution in [3.8, 4) is 5.75 Å². The van der Waals surface area contributed by atoms with Crippen molar-refractivity contribution in [3.63, 3.8) is 0 Å². The second kappa shape index (κ2) is 9.58. The van der Waals surface area contributed by atoms with Crippen LogP contribution in [0, 0.1) is 0 Å². The summed E-state index contributed by atoms with van der Waals surface area (Å²) in [5.74, 6) is 0.293. The highest BCUT2D eigenvalue weighted by molar-refractivity contribution is 6.06. The number of nitrogens with zero attached hydrogens (tertiary/aromatic N) is 1. The first-order chi connectivity index (χ1) is 12.5. The van der Waals surface area contributed by atoms with Gasteiger partial charge in [0, 0.05) is 29.9 Å². The van der Waals surface area contributed by atoms with Crippen molar-refractivity contribution in [3.05, 3.63) is 59.7 Å². The molecule has 0 saturated carbocycles.